The fourth-order valence-electron chi connectivity index (χ4n) is 2.48. The Morgan fingerprint density at radius 2 is 1.68 bits per heavy atom. The lowest BCUT2D eigenvalue weighted by atomic mass is 10.1. The van der Waals surface area contributed by atoms with Gasteiger partial charge in [0.1, 0.15) is 12.4 Å². The van der Waals surface area contributed by atoms with Crippen LogP contribution in [0.15, 0.2) is 35.3 Å². The van der Waals surface area contributed by atoms with E-state index in [0.717, 1.165) is 12.1 Å². The molecule has 0 aliphatic heterocycles. The molecule has 1 aromatic carbocycles. The second-order valence-corrected chi connectivity index (χ2v) is 8.27. The van der Waals surface area contributed by atoms with Crippen LogP contribution in [0.25, 0.3) is 0 Å². The van der Waals surface area contributed by atoms with Crippen molar-refractivity contribution in [3.05, 3.63) is 51.4 Å². The van der Waals surface area contributed by atoms with Gasteiger partial charge >= 0.3 is 18.8 Å². The quantitative estimate of drug-likeness (QED) is 0.327. The number of alkyl halides is 6. The molecule has 0 amide bonds. The van der Waals surface area contributed by atoms with E-state index in [0.29, 0.717) is 12.5 Å². The van der Waals surface area contributed by atoms with Crippen LogP contribution in [0.3, 0.4) is 0 Å². The Morgan fingerprint density at radius 3 is 2.21 bits per heavy atom. The van der Waals surface area contributed by atoms with Crippen molar-refractivity contribution in [1.29, 1.82) is 0 Å². The lowest BCUT2D eigenvalue weighted by molar-refractivity contribution is -0.404. The third-order valence-electron chi connectivity index (χ3n) is 3.97. The Labute approximate surface area is 195 Å². The Morgan fingerprint density at radius 1 is 1.09 bits per heavy atom. The summed E-state index contributed by atoms with van der Waals surface area (Å²) in [5.41, 5.74) is -0.730. The molecule has 0 aliphatic carbocycles. The summed E-state index contributed by atoms with van der Waals surface area (Å²) < 4.78 is 95.4. The first-order valence-corrected chi connectivity index (χ1v) is 9.98. The van der Waals surface area contributed by atoms with Crippen LogP contribution in [0.5, 0.6) is 11.5 Å². The molecule has 0 bridgehead atoms. The maximum Gasteiger partial charge on any atom is 0.524 e. The summed E-state index contributed by atoms with van der Waals surface area (Å²) in [7, 11) is 0. The maximum atomic E-state index is 13.8. The molecule has 34 heavy (non-hydrogen) atoms. The summed E-state index contributed by atoms with van der Waals surface area (Å²) in [6.07, 6.45) is -14.4. The maximum absolute atomic E-state index is 13.8. The van der Waals surface area contributed by atoms with E-state index in [9.17, 15) is 31.1 Å². The van der Waals surface area contributed by atoms with Crippen LogP contribution in [-0.2, 0) is 21.6 Å². The number of nitrogens with zero attached hydrogens (tertiary/aromatic N) is 2. The van der Waals surface area contributed by atoms with Crippen molar-refractivity contribution >= 4 is 11.6 Å². The summed E-state index contributed by atoms with van der Waals surface area (Å²) in [5.74, 6) is -0.497. The van der Waals surface area contributed by atoms with Gasteiger partial charge in [0.05, 0.1) is 11.7 Å². The first-order valence-electron chi connectivity index (χ1n) is 9.60. The third kappa shape index (κ3) is 7.77. The minimum absolute atomic E-state index is 0.00615. The highest BCUT2D eigenvalue weighted by molar-refractivity contribution is 6.31. The fraction of sp³-hybridized carbons (Fsp3) is 0.500. The molecule has 7 nitrogen and oxygen atoms in total. The Hall–Kier alpha value is -2.51. The smallest absolute Gasteiger partial charge is 0.485 e. The van der Waals surface area contributed by atoms with Crippen molar-refractivity contribution in [1.82, 2.24) is 9.78 Å². The fourth-order valence-corrected chi connectivity index (χ4v) is 2.66. The van der Waals surface area contributed by atoms with Crippen LogP contribution in [0.2, 0.25) is 5.02 Å². The van der Waals surface area contributed by atoms with E-state index in [1.165, 1.54) is 23.0 Å². The predicted octanol–water partition coefficient (Wildman–Crippen LogP) is 5.40. The molecule has 190 valence electrons. The molecule has 1 aromatic heterocycles. The summed E-state index contributed by atoms with van der Waals surface area (Å²) in [5, 5.41) is 3.81. The van der Waals surface area contributed by atoms with Crippen LogP contribution >= 0.6 is 11.6 Å². The van der Waals surface area contributed by atoms with Crippen molar-refractivity contribution in [3.8, 4) is 11.5 Å². The van der Waals surface area contributed by atoms with Crippen LogP contribution in [-0.4, -0.2) is 34.9 Å². The van der Waals surface area contributed by atoms with Crippen LogP contribution in [0.1, 0.15) is 33.3 Å². The Bertz CT molecular complexity index is 1020. The molecule has 1 heterocycles. The molecule has 0 aliphatic rings. The second kappa shape index (κ2) is 10.4. The zero-order chi connectivity index (χ0) is 25.9. The standard InChI is InChI=1S/C20H21ClF6N2O5/c1-11(33-20(25,26)27)32-17(22)19(23,24)34-13-7-5-12(6-8-13)10-31-14-9-28-29(18(2,3)4)16(30)15(14)21/h5-9,11,17H,10H2,1-4H3. The highest BCUT2D eigenvalue weighted by Crippen LogP contribution is 2.30. The summed E-state index contributed by atoms with van der Waals surface area (Å²) >= 11 is 6.05. The molecule has 0 radical (unpaired) electrons. The lowest BCUT2D eigenvalue weighted by Gasteiger charge is -2.24. The molecular formula is C20H21ClF6N2O5. The number of ether oxygens (including phenoxy) is 4. The first-order chi connectivity index (χ1) is 15.5. The van der Waals surface area contributed by atoms with E-state index in [4.69, 9.17) is 16.3 Å². The minimum atomic E-state index is -5.20. The SMILES string of the molecule is CC(OC(F)C(F)(F)Oc1ccc(COc2cnn(C(C)(C)C)c(=O)c2Cl)cc1)OC(F)(F)F. The number of rotatable bonds is 9. The topological polar surface area (TPSA) is 71.8 Å². The molecule has 0 N–H and O–H groups in total. The van der Waals surface area contributed by atoms with Gasteiger partial charge in [-0.1, -0.05) is 23.7 Å². The zero-order valence-electron chi connectivity index (χ0n) is 18.3. The average Bonchev–Trinajstić information content (AvgIpc) is 2.67. The third-order valence-corrected chi connectivity index (χ3v) is 4.32. The largest absolute Gasteiger partial charge is 0.524 e. The summed E-state index contributed by atoms with van der Waals surface area (Å²) in [6, 6.07) is 4.69. The number of benzene rings is 1. The number of aromatic nitrogens is 2. The van der Waals surface area contributed by atoms with E-state index in [2.05, 4.69) is 19.3 Å². The van der Waals surface area contributed by atoms with Crippen LogP contribution < -0.4 is 15.0 Å². The minimum Gasteiger partial charge on any atom is -0.485 e. The normalized spacial score (nSPS) is 14.6. The number of hydrogen-bond donors (Lipinski definition) is 0. The highest BCUT2D eigenvalue weighted by Gasteiger charge is 2.46. The lowest BCUT2D eigenvalue weighted by Crippen LogP contribution is -2.41. The van der Waals surface area contributed by atoms with Gasteiger partial charge in [0.15, 0.2) is 17.1 Å². The molecule has 2 atom stereocenters. The van der Waals surface area contributed by atoms with E-state index in [-0.39, 0.29) is 17.4 Å². The van der Waals surface area contributed by atoms with Gasteiger partial charge in [0.2, 0.25) is 0 Å². The average molecular weight is 519 g/mol. The van der Waals surface area contributed by atoms with E-state index >= 15 is 0 Å². The molecule has 2 unspecified atom stereocenters. The van der Waals surface area contributed by atoms with E-state index < -0.39 is 42.0 Å². The van der Waals surface area contributed by atoms with Crippen LogP contribution in [0.4, 0.5) is 26.3 Å². The molecule has 0 saturated carbocycles. The van der Waals surface area contributed by atoms with Gasteiger partial charge in [-0.3, -0.25) is 9.53 Å². The summed E-state index contributed by atoms with van der Waals surface area (Å²) in [4.78, 5) is 12.3. The molecule has 0 spiro atoms. The second-order valence-electron chi connectivity index (χ2n) is 7.89. The van der Waals surface area contributed by atoms with Gasteiger partial charge < -0.3 is 14.2 Å². The van der Waals surface area contributed by atoms with Gasteiger partial charge in [-0.25, -0.2) is 9.07 Å². The Balaban J connectivity index is 1.99. The molecular weight excluding hydrogens is 498 g/mol. The number of hydrogen-bond acceptors (Lipinski definition) is 6. The molecule has 2 rings (SSSR count). The van der Waals surface area contributed by atoms with Crippen molar-refractivity contribution in [2.75, 3.05) is 0 Å². The zero-order valence-corrected chi connectivity index (χ0v) is 19.1. The predicted molar refractivity (Wildman–Crippen MR) is 107 cm³/mol. The molecule has 0 saturated heterocycles. The highest BCUT2D eigenvalue weighted by atomic mass is 35.5. The molecule has 0 fully saturated rings. The molecule has 2 aromatic rings. The summed E-state index contributed by atoms with van der Waals surface area (Å²) in [6.45, 7) is 5.76. The van der Waals surface area contributed by atoms with Gasteiger partial charge in [0.25, 0.3) is 5.56 Å². The molecule has 14 heteroatoms. The van der Waals surface area contributed by atoms with Crippen molar-refractivity contribution < 1.29 is 45.3 Å². The monoisotopic (exact) mass is 518 g/mol. The van der Waals surface area contributed by atoms with Crippen molar-refractivity contribution in [2.45, 2.75) is 65.0 Å². The Kier molecular flexibility index (Phi) is 8.48. The van der Waals surface area contributed by atoms with E-state index in [1.54, 1.807) is 20.8 Å². The number of halogens is 7. The van der Waals surface area contributed by atoms with Gasteiger partial charge in [-0.2, -0.15) is 13.9 Å². The van der Waals surface area contributed by atoms with Crippen LogP contribution in [0, 0.1) is 0 Å². The van der Waals surface area contributed by atoms with Gasteiger partial charge in [0, 0.05) is 0 Å². The van der Waals surface area contributed by atoms with Crippen molar-refractivity contribution in [2.24, 2.45) is 0 Å². The van der Waals surface area contributed by atoms with Gasteiger partial charge in [-0.15, -0.1) is 13.2 Å². The van der Waals surface area contributed by atoms with E-state index in [1.807, 2.05) is 0 Å². The van der Waals surface area contributed by atoms with Gasteiger partial charge in [-0.05, 0) is 45.4 Å². The first kappa shape index (κ1) is 27.7. The van der Waals surface area contributed by atoms with Crippen molar-refractivity contribution in [3.63, 3.8) is 0 Å².